The quantitative estimate of drug-likeness (QED) is 0.530. The second-order valence-electron chi connectivity index (χ2n) is 5.77. The van der Waals surface area contributed by atoms with Gasteiger partial charge in [0.1, 0.15) is 12.1 Å². The average Bonchev–Trinajstić information content (AvgIpc) is 3.03. The van der Waals surface area contributed by atoms with Crippen LogP contribution in [0, 0.1) is 10.1 Å². The Morgan fingerprint density at radius 3 is 2.08 bits per heavy atom. The van der Waals surface area contributed by atoms with E-state index in [2.05, 4.69) is 5.32 Å². The number of carbonyl (C=O) groups excluding carboxylic acids is 1. The second kappa shape index (κ2) is 6.80. The van der Waals surface area contributed by atoms with Crippen LogP contribution in [0.1, 0.15) is 23.1 Å². The van der Waals surface area contributed by atoms with E-state index >= 15 is 0 Å². The van der Waals surface area contributed by atoms with Gasteiger partial charge in [-0.05, 0) is 11.1 Å². The van der Waals surface area contributed by atoms with Crippen molar-refractivity contribution in [2.24, 2.45) is 0 Å². The molecule has 0 aromatic heterocycles. The Morgan fingerprint density at radius 2 is 1.58 bits per heavy atom. The molecule has 1 aliphatic heterocycles. The molecule has 0 bridgehead atoms. The third-order valence-electron chi connectivity index (χ3n) is 4.47. The van der Waals surface area contributed by atoms with Gasteiger partial charge in [0.05, 0.1) is 13.0 Å². The molecule has 0 spiro atoms. The molecular weight excluding hydrogens is 308 g/mol. The summed E-state index contributed by atoms with van der Waals surface area (Å²) >= 11 is 0. The number of carbonyl (C=O) groups is 1. The Kier molecular flexibility index (Phi) is 4.57. The Morgan fingerprint density at radius 1 is 1.04 bits per heavy atom. The number of hydrogen-bond acceptors (Lipinski definition) is 5. The van der Waals surface area contributed by atoms with Crippen LogP contribution in [0.5, 0.6) is 0 Å². The molecule has 6 nitrogen and oxygen atoms in total. The number of benzene rings is 2. The fourth-order valence-electron chi connectivity index (χ4n) is 3.41. The first-order valence-electron chi connectivity index (χ1n) is 7.70. The molecule has 1 aliphatic rings. The Labute approximate surface area is 139 Å². The van der Waals surface area contributed by atoms with Gasteiger partial charge in [-0.1, -0.05) is 60.7 Å². The molecule has 1 saturated heterocycles. The number of nitro groups is 1. The maximum atomic E-state index is 12.2. The predicted molar refractivity (Wildman–Crippen MR) is 88.1 cm³/mol. The van der Waals surface area contributed by atoms with Crippen molar-refractivity contribution in [1.82, 2.24) is 5.32 Å². The maximum Gasteiger partial charge on any atom is 0.323 e. The Balaban J connectivity index is 2.07. The minimum absolute atomic E-state index is 0.300. The van der Waals surface area contributed by atoms with Crippen LogP contribution in [0.3, 0.4) is 0 Å². The van der Waals surface area contributed by atoms with Crippen LogP contribution in [-0.2, 0) is 9.53 Å². The molecule has 0 amide bonds. The minimum atomic E-state index is -0.959. The van der Waals surface area contributed by atoms with E-state index in [1.807, 2.05) is 60.7 Å². The van der Waals surface area contributed by atoms with Gasteiger partial charge in [-0.3, -0.25) is 20.2 Å². The number of hydrogen-bond donors (Lipinski definition) is 1. The molecule has 4 atom stereocenters. The van der Waals surface area contributed by atoms with Crippen LogP contribution in [0.15, 0.2) is 60.7 Å². The summed E-state index contributed by atoms with van der Waals surface area (Å²) < 4.78 is 4.87. The van der Waals surface area contributed by atoms with Crippen LogP contribution < -0.4 is 5.32 Å². The number of ether oxygens (including phenoxy) is 1. The van der Waals surface area contributed by atoms with Gasteiger partial charge in [-0.25, -0.2) is 0 Å². The first-order chi connectivity index (χ1) is 11.6. The van der Waals surface area contributed by atoms with Crippen molar-refractivity contribution in [2.45, 2.75) is 24.0 Å². The highest BCUT2D eigenvalue weighted by atomic mass is 16.6. The maximum absolute atomic E-state index is 12.2. The van der Waals surface area contributed by atoms with E-state index in [0.29, 0.717) is 0 Å². The van der Waals surface area contributed by atoms with E-state index in [-0.39, 0.29) is 4.92 Å². The molecule has 1 heterocycles. The molecule has 2 aromatic rings. The SMILES string of the molecule is COC(=O)C1NC(c2ccccc2)C([N+](=O)[O-])C1c1ccccc1. The monoisotopic (exact) mass is 326 g/mol. The lowest BCUT2D eigenvalue weighted by Gasteiger charge is -2.19. The van der Waals surface area contributed by atoms with E-state index in [4.69, 9.17) is 4.74 Å². The highest BCUT2D eigenvalue weighted by Crippen LogP contribution is 2.40. The smallest absolute Gasteiger partial charge is 0.323 e. The lowest BCUT2D eigenvalue weighted by Crippen LogP contribution is -2.37. The van der Waals surface area contributed by atoms with Crippen molar-refractivity contribution in [2.75, 3.05) is 7.11 Å². The van der Waals surface area contributed by atoms with E-state index < -0.39 is 30.0 Å². The fourth-order valence-corrected chi connectivity index (χ4v) is 3.41. The highest BCUT2D eigenvalue weighted by molar-refractivity contribution is 5.78. The van der Waals surface area contributed by atoms with Crippen LogP contribution in [0.25, 0.3) is 0 Å². The largest absolute Gasteiger partial charge is 0.468 e. The van der Waals surface area contributed by atoms with Crippen LogP contribution >= 0.6 is 0 Å². The van der Waals surface area contributed by atoms with Crippen molar-refractivity contribution in [3.63, 3.8) is 0 Å². The van der Waals surface area contributed by atoms with Gasteiger partial charge in [0.25, 0.3) is 0 Å². The first kappa shape index (κ1) is 16.1. The van der Waals surface area contributed by atoms with Crippen molar-refractivity contribution in [3.8, 4) is 0 Å². The first-order valence-corrected chi connectivity index (χ1v) is 7.70. The zero-order valence-corrected chi connectivity index (χ0v) is 13.2. The highest BCUT2D eigenvalue weighted by Gasteiger charge is 2.54. The average molecular weight is 326 g/mol. The molecule has 1 N–H and O–H groups in total. The molecule has 1 fully saturated rings. The summed E-state index contributed by atoms with van der Waals surface area (Å²) in [5.41, 5.74) is 1.53. The zero-order chi connectivity index (χ0) is 17.1. The molecule has 0 saturated carbocycles. The molecule has 0 radical (unpaired) electrons. The number of nitrogens with one attached hydrogen (secondary N) is 1. The number of rotatable bonds is 4. The van der Waals surface area contributed by atoms with Crippen LogP contribution in [0.2, 0.25) is 0 Å². The van der Waals surface area contributed by atoms with Gasteiger partial charge in [-0.2, -0.15) is 0 Å². The lowest BCUT2D eigenvalue weighted by atomic mass is 9.85. The molecule has 3 rings (SSSR count). The molecule has 0 aliphatic carbocycles. The number of esters is 1. The zero-order valence-electron chi connectivity index (χ0n) is 13.2. The molecular formula is C18H18N2O4. The number of nitrogens with zero attached hydrogens (tertiary/aromatic N) is 1. The summed E-state index contributed by atoms with van der Waals surface area (Å²) in [4.78, 5) is 23.8. The third kappa shape index (κ3) is 2.88. The van der Waals surface area contributed by atoms with Gasteiger partial charge < -0.3 is 4.74 Å². The molecule has 6 heteroatoms. The summed E-state index contributed by atoms with van der Waals surface area (Å²) in [6, 6.07) is 16.0. The summed E-state index contributed by atoms with van der Waals surface area (Å²) in [6.07, 6.45) is 0. The normalized spacial score (nSPS) is 26.0. The van der Waals surface area contributed by atoms with Crippen LogP contribution in [0.4, 0.5) is 0 Å². The summed E-state index contributed by atoms with van der Waals surface area (Å²) in [7, 11) is 1.29. The summed E-state index contributed by atoms with van der Waals surface area (Å²) in [5.74, 6) is -1.09. The number of methoxy groups -OCH3 is 1. The predicted octanol–water partition coefficient (Wildman–Crippen LogP) is 2.30. The van der Waals surface area contributed by atoms with Gasteiger partial charge in [-0.15, -0.1) is 0 Å². The van der Waals surface area contributed by atoms with Crippen molar-refractivity contribution >= 4 is 5.97 Å². The third-order valence-corrected chi connectivity index (χ3v) is 4.47. The van der Waals surface area contributed by atoms with E-state index in [0.717, 1.165) is 11.1 Å². The van der Waals surface area contributed by atoms with Crippen LogP contribution in [-0.4, -0.2) is 30.1 Å². The Bertz CT molecular complexity index is 720. The van der Waals surface area contributed by atoms with Gasteiger partial charge >= 0.3 is 5.97 Å². The summed E-state index contributed by atoms with van der Waals surface area (Å²) in [6.45, 7) is 0. The Hall–Kier alpha value is -2.73. The van der Waals surface area contributed by atoms with Gasteiger partial charge in [0.15, 0.2) is 0 Å². The van der Waals surface area contributed by atoms with E-state index in [9.17, 15) is 14.9 Å². The summed E-state index contributed by atoms with van der Waals surface area (Å²) in [5, 5.41) is 15.0. The molecule has 24 heavy (non-hydrogen) atoms. The van der Waals surface area contributed by atoms with Crippen molar-refractivity contribution < 1.29 is 14.5 Å². The van der Waals surface area contributed by atoms with E-state index in [1.54, 1.807) is 0 Å². The van der Waals surface area contributed by atoms with Gasteiger partial charge in [0.2, 0.25) is 6.04 Å². The minimum Gasteiger partial charge on any atom is -0.468 e. The topological polar surface area (TPSA) is 81.5 Å². The standard InChI is InChI=1S/C18H18N2O4/c1-24-18(21)16-14(12-8-4-2-5-9-12)17(20(22)23)15(19-16)13-10-6-3-7-11-13/h2-11,14-17,19H,1H3. The fraction of sp³-hybridized carbons (Fsp3) is 0.278. The van der Waals surface area contributed by atoms with Crippen molar-refractivity contribution in [3.05, 3.63) is 81.9 Å². The molecule has 4 unspecified atom stereocenters. The van der Waals surface area contributed by atoms with E-state index in [1.165, 1.54) is 7.11 Å². The second-order valence-corrected chi connectivity index (χ2v) is 5.77. The molecule has 2 aromatic carbocycles. The van der Waals surface area contributed by atoms with Crippen molar-refractivity contribution in [1.29, 1.82) is 0 Å². The van der Waals surface area contributed by atoms with Gasteiger partial charge in [0, 0.05) is 4.92 Å². The lowest BCUT2D eigenvalue weighted by molar-refractivity contribution is -0.527. The molecule has 124 valence electrons.